The number of carbonyl (C=O) groups excluding carboxylic acids is 1. The Morgan fingerprint density at radius 3 is 2.00 bits per heavy atom. The maximum absolute atomic E-state index is 11.4. The second-order valence-corrected chi connectivity index (χ2v) is 5.41. The van der Waals surface area contributed by atoms with Gasteiger partial charge in [0, 0.05) is 19.5 Å². The maximum Gasteiger partial charge on any atom is 0.201 e. The third-order valence-electron chi connectivity index (χ3n) is 1.16. The molecule has 0 spiro atoms. The number of hydrogen-bond donors (Lipinski definition) is 0. The highest BCUT2D eigenvalue weighted by atomic mass is 32.2. The highest BCUT2D eigenvalue weighted by molar-refractivity contribution is 8.32. The average molecular weight is 205 g/mol. The molecule has 0 aromatic rings. The van der Waals surface area contributed by atoms with E-state index in [2.05, 4.69) is 0 Å². The summed E-state index contributed by atoms with van der Waals surface area (Å²) in [7, 11) is 3.68. The smallest absolute Gasteiger partial charge is 0.201 e. The predicted molar refractivity (Wildman–Crippen MR) is 58.3 cm³/mol. The Morgan fingerprint density at radius 2 is 1.75 bits per heavy atom. The van der Waals surface area contributed by atoms with E-state index in [1.165, 1.54) is 0 Å². The highest BCUT2D eigenvalue weighted by Crippen LogP contribution is 2.24. The third kappa shape index (κ3) is 4.07. The molecule has 0 heterocycles. The minimum atomic E-state index is -0.315. The molecule has 0 unspecified atom stereocenters. The molecule has 0 bridgehead atoms. The number of thiocarbonyl (C=S) groups is 1. The van der Waals surface area contributed by atoms with Crippen molar-refractivity contribution in [3.8, 4) is 0 Å². The van der Waals surface area contributed by atoms with Gasteiger partial charge in [0.15, 0.2) is 0 Å². The zero-order valence-electron chi connectivity index (χ0n) is 8.17. The van der Waals surface area contributed by atoms with Gasteiger partial charge in [-0.2, -0.15) is 0 Å². The number of hydrogen-bond acceptors (Lipinski definition) is 3. The summed E-state index contributed by atoms with van der Waals surface area (Å²) in [5.74, 6) is 0. The van der Waals surface area contributed by atoms with Crippen LogP contribution in [0.25, 0.3) is 0 Å². The first kappa shape index (κ1) is 11.9. The fraction of sp³-hybridized carbons (Fsp3) is 0.750. The molecule has 12 heavy (non-hydrogen) atoms. The molecule has 0 fully saturated rings. The number of nitrogens with zero attached hydrogens (tertiary/aromatic N) is 1. The zero-order chi connectivity index (χ0) is 9.94. The fourth-order valence-corrected chi connectivity index (χ4v) is 1.20. The Bertz CT molecular complexity index is 194. The van der Waals surface area contributed by atoms with Gasteiger partial charge >= 0.3 is 0 Å². The van der Waals surface area contributed by atoms with Crippen LogP contribution in [0.4, 0.5) is 0 Å². The molecular formula is C8H15NOS2. The van der Waals surface area contributed by atoms with Crippen LogP contribution in [0, 0.1) is 5.41 Å². The summed E-state index contributed by atoms with van der Waals surface area (Å²) in [6, 6.07) is 0. The quantitative estimate of drug-likeness (QED) is 0.564. The molecular weight excluding hydrogens is 190 g/mol. The van der Waals surface area contributed by atoms with Crippen LogP contribution in [-0.4, -0.2) is 28.4 Å². The lowest BCUT2D eigenvalue weighted by molar-refractivity contribution is -0.117. The molecule has 0 aliphatic carbocycles. The van der Waals surface area contributed by atoms with E-state index in [1.807, 2.05) is 34.9 Å². The van der Waals surface area contributed by atoms with E-state index >= 15 is 0 Å². The van der Waals surface area contributed by atoms with Crippen molar-refractivity contribution in [3.63, 3.8) is 0 Å². The summed E-state index contributed by atoms with van der Waals surface area (Å²) in [4.78, 5) is 13.2. The van der Waals surface area contributed by atoms with Crippen LogP contribution >= 0.6 is 24.0 Å². The first-order chi connectivity index (χ1) is 5.25. The first-order valence-corrected chi connectivity index (χ1v) is 4.91. The topological polar surface area (TPSA) is 20.3 Å². The van der Waals surface area contributed by atoms with Gasteiger partial charge in [0.05, 0.1) is 0 Å². The Labute approximate surface area is 83.7 Å². The van der Waals surface area contributed by atoms with Crippen LogP contribution in [0.1, 0.15) is 20.8 Å². The predicted octanol–water partition coefficient (Wildman–Crippen LogP) is 2.14. The van der Waals surface area contributed by atoms with E-state index in [-0.39, 0.29) is 10.5 Å². The largest absolute Gasteiger partial charge is 0.363 e. The van der Waals surface area contributed by atoms with Gasteiger partial charge < -0.3 is 4.90 Å². The number of rotatable bonds is 0. The van der Waals surface area contributed by atoms with Crippen LogP contribution in [0.5, 0.6) is 0 Å². The van der Waals surface area contributed by atoms with Gasteiger partial charge in [-0.3, -0.25) is 4.79 Å². The van der Waals surface area contributed by atoms with Crippen molar-refractivity contribution in [2.24, 2.45) is 5.41 Å². The molecule has 0 aromatic heterocycles. The Morgan fingerprint density at radius 1 is 1.33 bits per heavy atom. The summed E-state index contributed by atoms with van der Waals surface area (Å²) >= 11 is 6.12. The van der Waals surface area contributed by atoms with Gasteiger partial charge in [-0.05, 0) is 11.8 Å². The summed E-state index contributed by atoms with van der Waals surface area (Å²) in [6.45, 7) is 5.67. The SMILES string of the molecule is CN(C)C(=S)SC(=O)C(C)(C)C. The molecule has 0 atom stereocenters. The van der Waals surface area contributed by atoms with Gasteiger partial charge in [0.2, 0.25) is 5.12 Å². The van der Waals surface area contributed by atoms with Gasteiger partial charge in [0.1, 0.15) is 4.32 Å². The molecule has 2 nitrogen and oxygen atoms in total. The molecule has 0 saturated carbocycles. The van der Waals surface area contributed by atoms with Crippen LogP contribution in [-0.2, 0) is 4.79 Å². The van der Waals surface area contributed by atoms with Crippen LogP contribution < -0.4 is 0 Å². The van der Waals surface area contributed by atoms with E-state index in [0.29, 0.717) is 4.32 Å². The van der Waals surface area contributed by atoms with E-state index in [1.54, 1.807) is 4.90 Å². The fourth-order valence-electron chi connectivity index (χ4n) is 0.324. The molecule has 0 radical (unpaired) electrons. The average Bonchev–Trinajstić information content (AvgIpc) is 1.85. The Hall–Kier alpha value is -0.0900. The number of thioether (sulfide) groups is 1. The second kappa shape index (κ2) is 4.23. The standard InChI is InChI=1S/C8H15NOS2/c1-8(2,3)6(10)12-7(11)9(4)5/h1-5H3. The van der Waals surface area contributed by atoms with Crippen molar-refractivity contribution in [2.45, 2.75) is 20.8 Å². The maximum atomic E-state index is 11.4. The molecule has 4 heteroatoms. The van der Waals surface area contributed by atoms with Crippen molar-refractivity contribution < 1.29 is 4.79 Å². The normalized spacial score (nSPS) is 11.1. The molecule has 0 aliphatic rings. The Kier molecular flexibility index (Phi) is 4.20. The molecule has 70 valence electrons. The van der Waals surface area contributed by atoms with Crippen molar-refractivity contribution >= 4 is 33.4 Å². The lowest BCUT2D eigenvalue weighted by Crippen LogP contribution is -2.23. The van der Waals surface area contributed by atoms with Crippen molar-refractivity contribution in [1.82, 2.24) is 4.90 Å². The van der Waals surface area contributed by atoms with Crippen molar-refractivity contribution in [2.75, 3.05) is 14.1 Å². The van der Waals surface area contributed by atoms with E-state index < -0.39 is 0 Å². The molecule has 0 N–H and O–H groups in total. The molecule has 0 aliphatic heterocycles. The van der Waals surface area contributed by atoms with Crippen LogP contribution in [0.3, 0.4) is 0 Å². The van der Waals surface area contributed by atoms with Crippen LogP contribution in [0.2, 0.25) is 0 Å². The minimum Gasteiger partial charge on any atom is -0.363 e. The van der Waals surface area contributed by atoms with Crippen molar-refractivity contribution in [1.29, 1.82) is 0 Å². The minimum absolute atomic E-state index is 0.112. The highest BCUT2D eigenvalue weighted by Gasteiger charge is 2.23. The molecule has 0 aromatic carbocycles. The van der Waals surface area contributed by atoms with Crippen LogP contribution in [0.15, 0.2) is 0 Å². The van der Waals surface area contributed by atoms with E-state index in [9.17, 15) is 4.79 Å². The summed E-state index contributed by atoms with van der Waals surface area (Å²) < 4.78 is 0.620. The lowest BCUT2D eigenvalue weighted by atomic mass is 10.00. The first-order valence-electron chi connectivity index (χ1n) is 3.68. The molecule has 0 amide bonds. The Balaban J connectivity index is 4.12. The third-order valence-corrected chi connectivity index (χ3v) is 3.11. The van der Waals surface area contributed by atoms with Gasteiger partial charge in [-0.1, -0.05) is 33.0 Å². The van der Waals surface area contributed by atoms with Crippen molar-refractivity contribution in [3.05, 3.63) is 0 Å². The molecule has 0 saturated heterocycles. The van der Waals surface area contributed by atoms with E-state index in [0.717, 1.165) is 11.8 Å². The summed E-state index contributed by atoms with van der Waals surface area (Å²) in [6.07, 6.45) is 0. The zero-order valence-corrected chi connectivity index (χ0v) is 9.80. The lowest BCUT2D eigenvalue weighted by Gasteiger charge is -2.18. The van der Waals surface area contributed by atoms with Gasteiger partial charge in [-0.25, -0.2) is 0 Å². The molecule has 0 rings (SSSR count). The van der Waals surface area contributed by atoms with Gasteiger partial charge in [-0.15, -0.1) is 0 Å². The van der Waals surface area contributed by atoms with E-state index in [4.69, 9.17) is 12.2 Å². The summed E-state index contributed by atoms with van der Waals surface area (Å²) in [5, 5.41) is 0.112. The second-order valence-electron chi connectivity index (χ2n) is 3.80. The number of carbonyl (C=O) groups is 1. The summed E-state index contributed by atoms with van der Waals surface area (Å²) in [5.41, 5.74) is -0.315. The monoisotopic (exact) mass is 205 g/mol. The van der Waals surface area contributed by atoms with Gasteiger partial charge in [0.25, 0.3) is 0 Å².